The Morgan fingerprint density at radius 3 is 2.80 bits per heavy atom. The van der Waals surface area contributed by atoms with Crippen LogP contribution in [0.4, 0.5) is 0 Å². The molecule has 1 aromatic heterocycles. The van der Waals surface area contributed by atoms with Crippen molar-refractivity contribution in [1.82, 2.24) is 4.98 Å². The summed E-state index contributed by atoms with van der Waals surface area (Å²) in [4.78, 5) is 2.82. The van der Waals surface area contributed by atoms with E-state index in [1.54, 1.807) is 25.3 Å². The first-order valence-corrected chi connectivity index (χ1v) is 3.14. The van der Waals surface area contributed by atoms with Crippen LogP contribution in [-0.2, 0) is 5.60 Å². The van der Waals surface area contributed by atoms with Crippen LogP contribution in [0.1, 0.15) is 12.6 Å². The summed E-state index contributed by atoms with van der Waals surface area (Å²) in [5, 5.41) is 18.1. The second-order valence-electron chi connectivity index (χ2n) is 2.52. The average molecular weight is 141 g/mol. The highest BCUT2D eigenvalue weighted by Crippen LogP contribution is 2.16. The number of aromatic nitrogens is 1. The van der Waals surface area contributed by atoms with Crippen LogP contribution in [0.2, 0.25) is 0 Å². The summed E-state index contributed by atoms with van der Waals surface area (Å²) in [5.41, 5.74) is -0.501. The third kappa shape index (κ3) is 1.20. The van der Waals surface area contributed by atoms with E-state index in [-0.39, 0.29) is 6.61 Å². The van der Waals surface area contributed by atoms with Crippen LogP contribution < -0.4 is 0 Å². The molecule has 1 unspecified atom stereocenters. The molecule has 0 saturated carbocycles. The van der Waals surface area contributed by atoms with Gasteiger partial charge in [-0.1, -0.05) is 0 Å². The lowest BCUT2D eigenvalue weighted by Gasteiger charge is -2.17. The molecule has 0 bridgehead atoms. The summed E-state index contributed by atoms with van der Waals surface area (Å²) in [6.07, 6.45) is 1.71. The number of aromatic amines is 1. The van der Waals surface area contributed by atoms with Gasteiger partial charge in [0.2, 0.25) is 0 Å². The summed E-state index contributed by atoms with van der Waals surface area (Å²) in [7, 11) is 0. The molecule has 0 radical (unpaired) electrons. The highest BCUT2D eigenvalue weighted by atomic mass is 16.3. The fourth-order valence-electron chi connectivity index (χ4n) is 0.751. The maximum absolute atomic E-state index is 9.40. The highest BCUT2D eigenvalue weighted by molar-refractivity contribution is 5.11. The maximum Gasteiger partial charge on any atom is 0.124 e. The van der Waals surface area contributed by atoms with Crippen LogP contribution in [0, 0.1) is 0 Å². The van der Waals surface area contributed by atoms with Crippen LogP contribution in [-0.4, -0.2) is 21.8 Å². The third-order valence-corrected chi connectivity index (χ3v) is 1.49. The van der Waals surface area contributed by atoms with Crippen molar-refractivity contribution < 1.29 is 10.2 Å². The Labute approximate surface area is 59.3 Å². The Balaban J connectivity index is 2.85. The topological polar surface area (TPSA) is 56.2 Å². The van der Waals surface area contributed by atoms with Crippen molar-refractivity contribution in [3.63, 3.8) is 0 Å². The monoisotopic (exact) mass is 141 g/mol. The first-order valence-electron chi connectivity index (χ1n) is 3.14. The number of hydrogen-bond acceptors (Lipinski definition) is 2. The zero-order valence-corrected chi connectivity index (χ0v) is 5.83. The first-order chi connectivity index (χ1) is 4.67. The van der Waals surface area contributed by atoms with Gasteiger partial charge in [0.1, 0.15) is 5.60 Å². The molecule has 0 aliphatic heterocycles. The predicted molar refractivity (Wildman–Crippen MR) is 37.4 cm³/mol. The summed E-state index contributed by atoms with van der Waals surface area (Å²) in [6, 6.07) is 3.51. The fourth-order valence-corrected chi connectivity index (χ4v) is 0.751. The van der Waals surface area contributed by atoms with Gasteiger partial charge in [-0.3, -0.25) is 0 Å². The van der Waals surface area contributed by atoms with Gasteiger partial charge in [-0.25, -0.2) is 0 Å². The SMILES string of the molecule is CC(O)(CO)c1ccc[nH]1. The number of rotatable bonds is 2. The minimum absolute atomic E-state index is 0.270. The lowest BCUT2D eigenvalue weighted by molar-refractivity contribution is -0.00543. The third-order valence-electron chi connectivity index (χ3n) is 1.49. The van der Waals surface area contributed by atoms with E-state index in [1.807, 2.05) is 0 Å². The quantitative estimate of drug-likeness (QED) is 0.551. The van der Waals surface area contributed by atoms with Crippen LogP contribution in [0.3, 0.4) is 0 Å². The first kappa shape index (κ1) is 7.31. The van der Waals surface area contributed by atoms with Gasteiger partial charge in [0, 0.05) is 11.9 Å². The molecule has 1 aromatic rings. The Hall–Kier alpha value is -0.800. The van der Waals surface area contributed by atoms with E-state index in [2.05, 4.69) is 4.98 Å². The molecule has 0 aliphatic rings. The smallest absolute Gasteiger partial charge is 0.124 e. The molecule has 1 atom stereocenters. The Morgan fingerprint density at radius 2 is 2.40 bits per heavy atom. The zero-order chi connectivity index (χ0) is 7.61. The van der Waals surface area contributed by atoms with E-state index in [0.717, 1.165) is 0 Å². The summed E-state index contributed by atoms with van der Waals surface area (Å²) in [6.45, 7) is 1.28. The zero-order valence-electron chi connectivity index (χ0n) is 5.83. The number of aliphatic hydroxyl groups excluding tert-OH is 1. The second-order valence-corrected chi connectivity index (χ2v) is 2.52. The molecule has 56 valence electrons. The van der Waals surface area contributed by atoms with Crippen molar-refractivity contribution in [2.75, 3.05) is 6.61 Å². The van der Waals surface area contributed by atoms with Crippen LogP contribution in [0.5, 0.6) is 0 Å². The molecular formula is C7H11NO2. The Morgan fingerprint density at radius 1 is 1.70 bits per heavy atom. The van der Waals surface area contributed by atoms with Gasteiger partial charge >= 0.3 is 0 Å². The molecule has 3 heteroatoms. The average Bonchev–Trinajstić information content (AvgIpc) is 2.38. The molecule has 10 heavy (non-hydrogen) atoms. The minimum Gasteiger partial charge on any atom is -0.393 e. The van der Waals surface area contributed by atoms with Gasteiger partial charge in [-0.15, -0.1) is 0 Å². The standard InChI is InChI=1S/C7H11NO2/c1-7(10,5-9)6-3-2-4-8-6/h2-4,8-10H,5H2,1H3. The van der Waals surface area contributed by atoms with Crippen LogP contribution in [0.15, 0.2) is 18.3 Å². The minimum atomic E-state index is -1.14. The molecule has 0 fully saturated rings. The summed E-state index contributed by atoms with van der Waals surface area (Å²) in [5.74, 6) is 0. The van der Waals surface area contributed by atoms with Crippen molar-refractivity contribution in [2.45, 2.75) is 12.5 Å². The van der Waals surface area contributed by atoms with Crippen molar-refractivity contribution in [3.8, 4) is 0 Å². The van der Waals surface area contributed by atoms with E-state index < -0.39 is 5.60 Å². The molecule has 0 aliphatic carbocycles. The van der Waals surface area contributed by atoms with E-state index in [0.29, 0.717) is 5.69 Å². The maximum atomic E-state index is 9.40. The lowest BCUT2D eigenvalue weighted by Crippen LogP contribution is -2.26. The molecule has 3 nitrogen and oxygen atoms in total. The number of nitrogens with one attached hydrogen (secondary N) is 1. The second kappa shape index (κ2) is 2.44. The van der Waals surface area contributed by atoms with E-state index in [9.17, 15) is 5.11 Å². The van der Waals surface area contributed by atoms with Gasteiger partial charge in [0.25, 0.3) is 0 Å². The lowest BCUT2D eigenvalue weighted by atomic mass is 10.1. The van der Waals surface area contributed by atoms with Crippen molar-refractivity contribution in [3.05, 3.63) is 24.0 Å². The Bertz CT molecular complexity index is 191. The molecule has 1 heterocycles. The highest BCUT2D eigenvalue weighted by Gasteiger charge is 2.21. The van der Waals surface area contributed by atoms with E-state index in [4.69, 9.17) is 5.11 Å². The number of aliphatic hydroxyl groups is 2. The molecule has 0 aromatic carbocycles. The fraction of sp³-hybridized carbons (Fsp3) is 0.429. The van der Waals surface area contributed by atoms with Crippen molar-refractivity contribution in [2.24, 2.45) is 0 Å². The van der Waals surface area contributed by atoms with Crippen molar-refractivity contribution in [1.29, 1.82) is 0 Å². The van der Waals surface area contributed by atoms with E-state index >= 15 is 0 Å². The van der Waals surface area contributed by atoms with Gasteiger partial charge in [0.15, 0.2) is 0 Å². The van der Waals surface area contributed by atoms with Crippen LogP contribution in [0.25, 0.3) is 0 Å². The molecular weight excluding hydrogens is 130 g/mol. The predicted octanol–water partition coefficient (Wildman–Crippen LogP) is 0.214. The van der Waals surface area contributed by atoms with Crippen LogP contribution >= 0.6 is 0 Å². The van der Waals surface area contributed by atoms with Crippen molar-refractivity contribution >= 4 is 0 Å². The number of H-pyrrole nitrogens is 1. The van der Waals surface area contributed by atoms with Gasteiger partial charge in [0.05, 0.1) is 6.61 Å². The molecule has 1 rings (SSSR count). The normalized spacial score (nSPS) is 16.7. The summed E-state index contributed by atoms with van der Waals surface area (Å²) >= 11 is 0. The molecule has 0 spiro atoms. The molecule has 0 amide bonds. The summed E-state index contributed by atoms with van der Waals surface area (Å²) < 4.78 is 0. The Kier molecular flexibility index (Phi) is 1.78. The van der Waals surface area contributed by atoms with E-state index in [1.165, 1.54) is 0 Å². The molecule has 3 N–H and O–H groups in total. The van der Waals surface area contributed by atoms with Gasteiger partial charge in [-0.2, -0.15) is 0 Å². The largest absolute Gasteiger partial charge is 0.393 e. The molecule has 0 saturated heterocycles. The van der Waals surface area contributed by atoms with Gasteiger partial charge < -0.3 is 15.2 Å². The van der Waals surface area contributed by atoms with Gasteiger partial charge in [-0.05, 0) is 19.1 Å². The number of hydrogen-bond donors (Lipinski definition) is 3.